The number of amides is 1. The second kappa shape index (κ2) is 8.80. The molecule has 0 unspecified atom stereocenters. The van der Waals surface area contributed by atoms with Crippen molar-refractivity contribution in [3.63, 3.8) is 0 Å². The van der Waals surface area contributed by atoms with Crippen LogP contribution in [0.5, 0.6) is 17.2 Å². The number of nitrogens with one attached hydrogen (secondary N) is 1. The SMILES string of the molecule is COc1ccc2c(c1)c(=O)c1ccccc1n2CC(=O)Nc1cc(Cl)c(OC)cc1OC. The third-order valence-corrected chi connectivity index (χ3v) is 5.52. The number of halogens is 1. The summed E-state index contributed by atoms with van der Waals surface area (Å²) in [5.41, 5.74) is 1.59. The molecule has 1 aromatic heterocycles. The Bertz CT molecular complexity index is 1400. The molecule has 1 heterocycles. The number of ether oxygens (including phenoxy) is 3. The molecule has 0 atom stereocenters. The van der Waals surface area contributed by atoms with Gasteiger partial charge in [-0.1, -0.05) is 23.7 Å². The van der Waals surface area contributed by atoms with Crippen molar-refractivity contribution in [1.82, 2.24) is 4.57 Å². The summed E-state index contributed by atoms with van der Waals surface area (Å²) in [5.74, 6) is 1.11. The Morgan fingerprint density at radius 2 is 1.62 bits per heavy atom. The quantitative estimate of drug-likeness (QED) is 0.436. The van der Waals surface area contributed by atoms with E-state index in [1.807, 2.05) is 12.1 Å². The van der Waals surface area contributed by atoms with E-state index in [0.29, 0.717) is 49.8 Å². The molecular weight excluding hydrogens is 432 g/mol. The summed E-state index contributed by atoms with van der Waals surface area (Å²) in [5, 5.41) is 4.18. The third-order valence-electron chi connectivity index (χ3n) is 5.23. The summed E-state index contributed by atoms with van der Waals surface area (Å²) in [6, 6.07) is 15.6. The molecule has 0 aliphatic heterocycles. The Morgan fingerprint density at radius 1 is 0.906 bits per heavy atom. The van der Waals surface area contributed by atoms with Gasteiger partial charge >= 0.3 is 0 Å². The number of carbonyl (C=O) groups is 1. The minimum atomic E-state index is -0.310. The lowest BCUT2D eigenvalue weighted by Crippen LogP contribution is -2.22. The standard InChI is InChI=1S/C24H21ClN2O5/c1-30-14-8-9-20-16(10-14)24(29)15-6-4-5-7-19(15)27(20)13-23(28)26-18-11-17(25)21(31-2)12-22(18)32-3/h4-12H,13H2,1-3H3,(H,26,28). The molecule has 0 spiro atoms. The van der Waals surface area contributed by atoms with E-state index < -0.39 is 0 Å². The Kier molecular flexibility index (Phi) is 5.92. The zero-order chi connectivity index (χ0) is 22.8. The molecule has 0 aliphatic rings. The lowest BCUT2D eigenvalue weighted by atomic mass is 10.1. The lowest BCUT2D eigenvalue weighted by Gasteiger charge is -2.17. The molecule has 8 heteroatoms. The Labute approximate surface area is 189 Å². The van der Waals surface area contributed by atoms with Crippen LogP contribution in [-0.2, 0) is 11.3 Å². The normalized spacial score (nSPS) is 10.9. The van der Waals surface area contributed by atoms with Crippen LogP contribution in [0.4, 0.5) is 5.69 Å². The van der Waals surface area contributed by atoms with Gasteiger partial charge in [0.15, 0.2) is 5.43 Å². The molecule has 0 radical (unpaired) electrons. The first-order chi connectivity index (χ1) is 15.5. The summed E-state index contributed by atoms with van der Waals surface area (Å²) in [6.45, 7) is -0.0313. The number of anilines is 1. The largest absolute Gasteiger partial charge is 0.497 e. The number of fused-ring (bicyclic) bond motifs is 2. The maximum Gasteiger partial charge on any atom is 0.244 e. The van der Waals surface area contributed by atoms with Crippen molar-refractivity contribution in [1.29, 1.82) is 0 Å². The second-order valence-corrected chi connectivity index (χ2v) is 7.46. The minimum absolute atomic E-state index is 0.0313. The molecule has 1 amide bonds. The Morgan fingerprint density at radius 3 is 2.34 bits per heavy atom. The molecule has 164 valence electrons. The van der Waals surface area contributed by atoms with Gasteiger partial charge in [0.1, 0.15) is 23.8 Å². The molecule has 7 nitrogen and oxygen atoms in total. The topological polar surface area (TPSA) is 78.8 Å². The zero-order valence-corrected chi connectivity index (χ0v) is 18.5. The van der Waals surface area contributed by atoms with Gasteiger partial charge in [-0.25, -0.2) is 0 Å². The highest BCUT2D eigenvalue weighted by Gasteiger charge is 2.16. The first kappa shape index (κ1) is 21.5. The molecule has 0 saturated carbocycles. The molecule has 3 aromatic carbocycles. The first-order valence-electron chi connectivity index (χ1n) is 9.77. The van der Waals surface area contributed by atoms with Gasteiger partial charge in [-0.3, -0.25) is 9.59 Å². The van der Waals surface area contributed by atoms with Crippen molar-refractivity contribution in [2.24, 2.45) is 0 Å². The molecule has 0 bridgehead atoms. The minimum Gasteiger partial charge on any atom is -0.497 e. The highest BCUT2D eigenvalue weighted by molar-refractivity contribution is 6.32. The summed E-state index contributed by atoms with van der Waals surface area (Å²) in [4.78, 5) is 26.1. The van der Waals surface area contributed by atoms with Gasteiger partial charge < -0.3 is 24.1 Å². The molecule has 4 aromatic rings. The van der Waals surface area contributed by atoms with E-state index in [-0.39, 0.29) is 17.9 Å². The number of pyridine rings is 1. The van der Waals surface area contributed by atoms with Gasteiger partial charge in [0.05, 0.1) is 43.1 Å². The zero-order valence-electron chi connectivity index (χ0n) is 17.8. The van der Waals surface area contributed by atoms with Crippen LogP contribution in [0.1, 0.15) is 0 Å². The molecule has 0 aliphatic carbocycles. The van der Waals surface area contributed by atoms with Crippen LogP contribution in [-0.4, -0.2) is 31.8 Å². The van der Waals surface area contributed by atoms with Crippen LogP contribution in [0, 0.1) is 0 Å². The van der Waals surface area contributed by atoms with Gasteiger partial charge in [0.25, 0.3) is 0 Å². The number of methoxy groups -OCH3 is 3. The number of nitrogens with zero attached hydrogens (tertiary/aromatic N) is 1. The maximum absolute atomic E-state index is 13.1. The number of rotatable bonds is 6. The molecule has 0 saturated heterocycles. The summed E-state index contributed by atoms with van der Waals surface area (Å²) < 4.78 is 17.6. The maximum atomic E-state index is 13.1. The van der Waals surface area contributed by atoms with Crippen molar-refractivity contribution in [2.75, 3.05) is 26.6 Å². The fraction of sp³-hybridized carbons (Fsp3) is 0.167. The van der Waals surface area contributed by atoms with Crippen molar-refractivity contribution in [3.8, 4) is 17.2 Å². The highest BCUT2D eigenvalue weighted by Crippen LogP contribution is 2.36. The number of benzene rings is 3. The van der Waals surface area contributed by atoms with E-state index in [1.165, 1.54) is 14.2 Å². The fourth-order valence-electron chi connectivity index (χ4n) is 3.70. The number of aromatic nitrogens is 1. The highest BCUT2D eigenvalue weighted by atomic mass is 35.5. The van der Waals surface area contributed by atoms with Gasteiger partial charge in [-0.15, -0.1) is 0 Å². The fourth-order valence-corrected chi connectivity index (χ4v) is 3.94. The van der Waals surface area contributed by atoms with E-state index in [4.69, 9.17) is 25.8 Å². The van der Waals surface area contributed by atoms with Crippen LogP contribution in [0.15, 0.2) is 59.4 Å². The number of hydrogen-bond acceptors (Lipinski definition) is 5. The van der Waals surface area contributed by atoms with Crippen molar-refractivity contribution < 1.29 is 19.0 Å². The first-order valence-corrected chi connectivity index (χ1v) is 10.1. The van der Waals surface area contributed by atoms with Gasteiger partial charge in [-0.05, 0) is 36.4 Å². The smallest absolute Gasteiger partial charge is 0.244 e. The monoisotopic (exact) mass is 452 g/mol. The number of carbonyl (C=O) groups excluding carboxylic acids is 1. The molecule has 4 rings (SSSR count). The average Bonchev–Trinajstić information content (AvgIpc) is 2.81. The van der Waals surface area contributed by atoms with E-state index in [1.54, 1.807) is 54.1 Å². The van der Waals surface area contributed by atoms with Crippen LogP contribution in [0.2, 0.25) is 5.02 Å². The van der Waals surface area contributed by atoms with E-state index in [9.17, 15) is 9.59 Å². The van der Waals surface area contributed by atoms with E-state index in [2.05, 4.69) is 5.32 Å². The molecule has 1 N–H and O–H groups in total. The Balaban J connectivity index is 1.79. The summed E-state index contributed by atoms with van der Waals surface area (Å²) in [6.07, 6.45) is 0. The van der Waals surface area contributed by atoms with Crippen molar-refractivity contribution in [2.45, 2.75) is 6.54 Å². The Hall–Kier alpha value is -3.71. The van der Waals surface area contributed by atoms with Crippen LogP contribution < -0.4 is 25.0 Å². The molecular formula is C24H21ClN2O5. The van der Waals surface area contributed by atoms with Crippen molar-refractivity contribution >= 4 is 45.0 Å². The van der Waals surface area contributed by atoms with Crippen LogP contribution in [0.3, 0.4) is 0 Å². The predicted octanol–water partition coefficient (Wildman–Crippen LogP) is 4.47. The summed E-state index contributed by atoms with van der Waals surface area (Å²) in [7, 11) is 4.54. The lowest BCUT2D eigenvalue weighted by molar-refractivity contribution is -0.116. The van der Waals surface area contributed by atoms with Gasteiger partial charge in [0, 0.05) is 16.8 Å². The third kappa shape index (κ3) is 3.83. The predicted molar refractivity (Wildman–Crippen MR) is 125 cm³/mol. The number of para-hydroxylation sites is 1. The number of hydrogen-bond donors (Lipinski definition) is 1. The van der Waals surface area contributed by atoms with Gasteiger partial charge in [-0.2, -0.15) is 0 Å². The average molecular weight is 453 g/mol. The van der Waals surface area contributed by atoms with E-state index >= 15 is 0 Å². The summed E-state index contributed by atoms with van der Waals surface area (Å²) >= 11 is 6.22. The molecule has 32 heavy (non-hydrogen) atoms. The second-order valence-electron chi connectivity index (χ2n) is 7.05. The van der Waals surface area contributed by atoms with Crippen LogP contribution in [0.25, 0.3) is 21.8 Å². The van der Waals surface area contributed by atoms with E-state index in [0.717, 1.165) is 0 Å². The van der Waals surface area contributed by atoms with Crippen molar-refractivity contribution in [3.05, 3.63) is 69.8 Å². The van der Waals surface area contributed by atoms with Crippen LogP contribution >= 0.6 is 11.6 Å². The molecule has 0 fully saturated rings. The van der Waals surface area contributed by atoms with Gasteiger partial charge in [0.2, 0.25) is 5.91 Å².